The molecule has 1 aliphatic heterocycles. The van der Waals surface area contributed by atoms with E-state index in [0.717, 1.165) is 21.8 Å². The van der Waals surface area contributed by atoms with E-state index in [0.29, 0.717) is 0 Å². The second-order valence-corrected chi connectivity index (χ2v) is 8.33. The minimum atomic E-state index is -0.392. The SMILES string of the molecule is CC1(C)OB(c2cc3ccccc3c3c2ccc2ncccc23)OC1(C)C. The molecule has 0 unspecified atom stereocenters. The highest BCUT2D eigenvalue weighted by Gasteiger charge is 2.52. The van der Waals surface area contributed by atoms with Gasteiger partial charge >= 0.3 is 7.12 Å². The van der Waals surface area contributed by atoms with Crippen LogP contribution in [-0.4, -0.2) is 23.3 Å². The molecule has 1 aliphatic rings. The molecule has 1 saturated heterocycles. The van der Waals surface area contributed by atoms with Gasteiger partial charge in [-0.25, -0.2) is 0 Å². The molecule has 4 heteroatoms. The van der Waals surface area contributed by atoms with E-state index in [4.69, 9.17) is 9.31 Å². The Morgan fingerprint density at radius 2 is 1.48 bits per heavy atom. The molecule has 0 bridgehead atoms. The summed E-state index contributed by atoms with van der Waals surface area (Å²) < 4.78 is 12.8. The van der Waals surface area contributed by atoms with Crippen molar-refractivity contribution in [1.29, 1.82) is 0 Å². The lowest BCUT2D eigenvalue weighted by molar-refractivity contribution is 0.00578. The van der Waals surface area contributed by atoms with Crippen molar-refractivity contribution in [2.45, 2.75) is 38.9 Å². The van der Waals surface area contributed by atoms with Crippen LogP contribution in [0.5, 0.6) is 0 Å². The normalized spacial score (nSPS) is 18.6. The van der Waals surface area contributed by atoms with Gasteiger partial charge in [0.25, 0.3) is 0 Å². The van der Waals surface area contributed by atoms with Crippen LogP contribution in [0.3, 0.4) is 0 Å². The molecular formula is C23H22BNO2. The van der Waals surface area contributed by atoms with Crippen LogP contribution in [0.4, 0.5) is 0 Å². The third kappa shape index (κ3) is 2.40. The molecule has 0 amide bonds. The number of aromatic nitrogens is 1. The summed E-state index contributed by atoms with van der Waals surface area (Å²) in [5.74, 6) is 0. The van der Waals surface area contributed by atoms with Gasteiger partial charge in [0.1, 0.15) is 0 Å². The maximum atomic E-state index is 6.38. The third-order valence-electron chi connectivity index (χ3n) is 6.14. The van der Waals surface area contributed by atoms with Gasteiger partial charge in [-0.05, 0) is 66.8 Å². The van der Waals surface area contributed by atoms with E-state index in [1.807, 2.05) is 12.3 Å². The Morgan fingerprint density at radius 3 is 2.26 bits per heavy atom. The molecule has 0 N–H and O–H groups in total. The van der Waals surface area contributed by atoms with Gasteiger partial charge in [-0.2, -0.15) is 0 Å². The summed E-state index contributed by atoms with van der Waals surface area (Å²) in [6.45, 7) is 8.37. The molecule has 4 aromatic rings. The Kier molecular flexibility index (Phi) is 3.43. The van der Waals surface area contributed by atoms with Gasteiger partial charge in [0, 0.05) is 11.6 Å². The topological polar surface area (TPSA) is 31.4 Å². The van der Waals surface area contributed by atoms with Gasteiger partial charge in [-0.3, -0.25) is 4.98 Å². The average Bonchev–Trinajstić information content (AvgIpc) is 2.87. The van der Waals surface area contributed by atoms with E-state index < -0.39 is 7.12 Å². The second kappa shape index (κ2) is 5.54. The van der Waals surface area contributed by atoms with Crippen LogP contribution >= 0.6 is 0 Å². The predicted octanol–water partition coefficient (Wildman–Crippen LogP) is 4.84. The van der Waals surface area contributed by atoms with Crippen LogP contribution in [0.25, 0.3) is 32.4 Å². The van der Waals surface area contributed by atoms with Crippen molar-refractivity contribution >= 4 is 45.0 Å². The molecule has 5 rings (SSSR count). The summed E-state index contributed by atoms with van der Waals surface area (Å²) in [6, 6.07) is 19.1. The van der Waals surface area contributed by atoms with Crippen molar-refractivity contribution in [3.05, 3.63) is 60.8 Å². The maximum absolute atomic E-state index is 6.38. The first-order valence-corrected chi connectivity index (χ1v) is 9.42. The summed E-state index contributed by atoms with van der Waals surface area (Å²) in [5, 5.41) is 5.94. The fourth-order valence-electron chi connectivity index (χ4n) is 3.94. The van der Waals surface area contributed by atoms with Crippen molar-refractivity contribution in [2.75, 3.05) is 0 Å². The molecule has 27 heavy (non-hydrogen) atoms. The summed E-state index contributed by atoms with van der Waals surface area (Å²) >= 11 is 0. The van der Waals surface area contributed by atoms with Crippen LogP contribution < -0.4 is 5.46 Å². The van der Waals surface area contributed by atoms with Crippen molar-refractivity contribution in [3.63, 3.8) is 0 Å². The van der Waals surface area contributed by atoms with E-state index >= 15 is 0 Å². The highest BCUT2D eigenvalue weighted by molar-refractivity contribution is 6.66. The Bertz CT molecular complexity index is 1170. The van der Waals surface area contributed by atoms with Crippen LogP contribution in [0.2, 0.25) is 0 Å². The first-order chi connectivity index (χ1) is 12.9. The van der Waals surface area contributed by atoms with Crippen molar-refractivity contribution in [3.8, 4) is 0 Å². The molecule has 0 radical (unpaired) electrons. The van der Waals surface area contributed by atoms with Crippen molar-refractivity contribution in [2.24, 2.45) is 0 Å². The van der Waals surface area contributed by atoms with E-state index in [1.54, 1.807) is 0 Å². The van der Waals surface area contributed by atoms with Crippen molar-refractivity contribution < 1.29 is 9.31 Å². The van der Waals surface area contributed by atoms with E-state index in [-0.39, 0.29) is 11.2 Å². The molecular weight excluding hydrogens is 333 g/mol. The van der Waals surface area contributed by atoms with Gasteiger partial charge in [-0.15, -0.1) is 0 Å². The number of rotatable bonds is 1. The molecule has 134 valence electrons. The lowest BCUT2D eigenvalue weighted by Crippen LogP contribution is -2.41. The molecule has 3 nitrogen and oxygen atoms in total. The minimum absolute atomic E-state index is 0.367. The monoisotopic (exact) mass is 355 g/mol. The lowest BCUT2D eigenvalue weighted by Gasteiger charge is -2.32. The second-order valence-electron chi connectivity index (χ2n) is 8.33. The average molecular weight is 355 g/mol. The number of nitrogens with zero attached hydrogens (tertiary/aromatic N) is 1. The minimum Gasteiger partial charge on any atom is -0.399 e. The molecule has 2 heterocycles. The maximum Gasteiger partial charge on any atom is 0.495 e. The Balaban J connectivity index is 1.87. The number of fused-ring (bicyclic) bond motifs is 5. The molecule has 0 saturated carbocycles. The Labute approximate surface area is 159 Å². The first-order valence-electron chi connectivity index (χ1n) is 9.42. The summed E-state index contributed by atoms with van der Waals surface area (Å²) in [7, 11) is -0.392. The van der Waals surface area contributed by atoms with E-state index in [2.05, 4.69) is 81.2 Å². The number of hydrogen-bond acceptors (Lipinski definition) is 3. The van der Waals surface area contributed by atoms with Crippen LogP contribution in [-0.2, 0) is 9.31 Å². The smallest absolute Gasteiger partial charge is 0.399 e. The molecule has 3 aromatic carbocycles. The van der Waals surface area contributed by atoms with Crippen LogP contribution in [0, 0.1) is 0 Å². The molecule has 0 atom stereocenters. The Morgan fingerprint density at radius 1 is 0.778 bits per heavy atom. The van der Waals surface area contributed by atoms with Gasteiger partial charge in [-0.1, -0.05) is 42.5 Å². The third-order valence-corrected chi connectivity index (χ3v) is 6.14. The fraction of sp³-hybridized carbons (Fsp3) is 0.261. The zero-order valence-electron chi connectivity index (χ0n) is 16.1. The molecule has 1 fully saturated rings. The lowest BCUT2D eigenvalue weighted by atomic mass is 9.74. The number of benzene rings is 3. The Hall–Kier alpha value is -2.43. The van der Waals surface area contributed by atoms with E-state index in [1.165, 1.54) is 16.2 Å². The quantitative estimate of drug-likeness (QED) is 0.362. The van der Waals surface area contributed by atoms with Gasteiger partial charge in [0.2, 0.25) is 0 Å². The first kappa shape index (κ1) is 16.7. The molecule has 0 spiro atoms. The van der Waals surface area contributed by atoms with Crippen LogP contribution in [0.15, 0.2) is 60.8 Å². The number of hydrogen-bond donors (Lipinski definition) is 0. The van der Waals surface area contributed by atoms with Crippen LogP contribution in [0.1, 0.15) is 27.7 Å². The highest BCUT2D eigenvalue weighted by atomic mass is 16.7. The van der Waals surface area contributed by atoms with Crippen molar-refractivity contribution in [1.82, 2.24) is 4.98 Å². The largest absolute Gasteiger partial charge is 0.495 e. The van der Waals surface area contributed by atoms with Gasteiger partial charge in [0.05, 0.1) is 16.7 Å². The summed E-state index contributed by atoms with van der Waals surface area (Å²) in [4.78, 5) is 4.55. The summed E-state index contributed by atoms with van der Waals surface area (Å²) in [6.07, 6.45) is 1.84. The van der Waals surface area contributed by atoms with Gasteiger partial charge in [0.15, 0.2) is 0 Å². The molecule has 1 aromatic heterocycles. The van der Waals surface area contributed by atoms with E-state index in [9.17, 15) is 0 Å². The number of pyridine rings is 1. The zero-order chi connectivity index (χ0) is 18.8. The fourth-order valence-corrected chi connectivity index (χ4v) is 3.94. The van der Waals surface area contributed by atoms with Gasteiger partial charge < -0.3 is 9.31 Å². The molecule has 0 aliphatic carbocycles. The standard InChI is InChI=1S/C23H22BNO2/c1-22(2)23(3,4)27-24(26-22)19-14-15-8-5-6-9-16(15)21-17(19)11-12-20-18(21)10-7-13-25-20/h5-14H,1-4H3. The summed E-state index contributed by atoms with van der Waals surface area (Å²) in [5.41, 5.74) is 1.34. The highest BCUT2D eigenvalue weighted by Crippen LogP contribution is 2.38. The predicted molar refractivity (Wildman–Crippen MR) is 112 cm³/mol. The zero-order valence-corrected chi connectivity index (χ0v) is 16.1.